The van der Waals surface area contributed by atoms with Crippen LogP contribution in [0.5, 0.6) is 0 Å². The van der Waals surface area contributed by atoms with Gasteiger partial charge >= 0.3 is 0 Å². The lowest BCUT2D eigenvalue weighted by atomic mass is 10.1. The summed E-state index contributed by atoms with van der Waals surface area (Å²) in [5, 5.41) is 0. The van der Waals surface area contributed by atoms with Crippen molar-refractivity contribution in [3.8, 4) is 0 Å². The van der Waals surface area contributed by atoms with Crippen LogP contribution in [-0.4, -0.2) is 43.8 Å². The average Bonchev–Trinajstić information content (AvgIpc) is 1.92. The predicted octanol–water partition coefficient (Wildman–Crippen LogP) is 0.445. The Kier molecular flexibility index (Phi) is 2.71. The van der Waals surface area contributed by atoms with E-state index in [0.717, 1.165) is 0 Å². The Labute approximate surface area is 79.9 Å². The van der Waals surface area contributed by atoms with Gasteiger partial charge in [-0.25, -0.2) is 8.42 Å². The first-order valence-corrected chi connectivity index (χ1v) is 6.18. The second-order valence-electron chi connectivity index (χ2n) is 4.23. The molecular weight excluding hydrogens is 190 g/mol. The highest BCUT2D eigenvalue weighted by Gasteiger charge is 2.36. The summed E-state index contributed by atoms with van der Waals surface area (Å²) >= 11 is 0. The Bertz CT molecular complexity index is 284. The summed E-state index contributed by atoms with van der Waals surface area (Å²) in [4.78, 5) is 0. The highest BCUT2D eigenvalue weighted by atomic mass is 32.2. The van der Waals surface area contributed by atoms with E-state index in [1.165, 1.54) is 10.6 Å². The first-order chi connectivity index (χ1) is 5.72. The summed E-state index contributed by atoms with van der Waals surface area (Å²) in [6.07, 6.45) is 1.24. The Morgan fingerprint density at radius 1 is 1.46 bits per heavy atom. The van der Waals surface area contributed by atoms with Gasteiger partial charge in [-0.3, -0.25) is 0 Å². The molecule has 13 heavy (non-hydrogen) atoms. The summed E-state index contributed by atoms with van der Waals surface area (Å²) in [6.45, 7) is 6.57. The fourth-order valence-corrected chi connectivity index (χ4v) is 2.71. The van der Waals surface area contributed by atoms with Gasteiger partial charge in [0, 0.05) is 12.6 Å². The van der Waals surface area contributed by atoms with Gasteiger partial charge < -0.3 is 4.74 Å². The highest BCUT2D eigenvalue weighted by Crippen LogP contribution is 2.22. The maximum absolute atomic E-state index is 11.4. The Balaban J connectivity index is 2.84. The minimum absolute atomic E-state index is 0.0528. The standard InChI is InChI=1S/C8H17NO3S/c1-7-5-12-8(2,3)6-9(7)13(4,10)11/h7H,5-6H2,1-4H3/t7-/m0/s1. The molecule has 0 N–H and O–H groups in total. The lowest BCUT2D eigenvalue weighted by Crippen LogP contribution is -2.54. The van der Waals surface area contributed by atoms with E-state index in [2.05, 4.69) is 0 Å². The van der Waals surface area contributed by atoms with Gasteiger partial charge in [-0.05, 0) is 20.8 Å². The maximum atomic E-state index is 11.4. The molecule has 4 nitrogen and oxygen atoms in total. The molecule has 0 aromatic heterocycles. The molecule has 0 saturated carbocycles. The molecule has 5 heteroatoms. The smallest absolute Gasteiger partial charge is 0.211 e. The predicted molar refractivity (Wildman–Crippen MR) is 51.0 cm³/mol. The van der Waals surface area contributed by atoms with Crippen molar-refractivity contribution in [2.45, 2.75) is 32.4 Å². The van der Waals surface area contributed by atoms with Gasteiger partial charge in [-0.2, -0.15) is 4.31 Å². The Morgan fingerprint density at radius 2 is 2.00 bits per heavy atom. The van der Waals surface area contributed by atoms with Crippen molar-refractivity contribution in [3.63, 3.8) is 0 Å². The molecule has 1 fully saturated rings. The van der Waals surface area contributed by atoms with E-state index >= 15 is 0 Å². The third-order valence-corrected chi connectivity index (χ3v) is 3.51. The van der Waals surface area contributed by atoms with Crippen molar-refractivity contribution in [1.29, 1.82) is 0 Å². The summed E-state index contributed by atoms with van der Waals surface area (Å²) in [6, 6.07) is -0.0528. The average molecular weight is 207 g/mol. The number of nitrogens with zero attached hydrogens (tertiary/aromatic N) is 1. The first-order valence-electron chi connectivity index (χ1n) is 4.33. The molecule has 1 atom stereocenters. The van der Waals surface area contributed by atoms with Crippen LogP contribution in [0.4, 0.5) is 0 Å². The Hall–Kier alpha value is -0.130. The number of morpholine rings is 1. The largest absolute Gasteiger partial charge is 0.373 e. The van der Waals surface area contributed by atoms with Gasteiger partial charge in [0.25, 0.3) is 0 Å². The highest BCUT2D eigenvalue weighted by molar-refractivity contribution is 7.88. The zero-order valence-electron chi connectivity index (χ0n) is 8.57. The number of rotatable bonds is 1. The van der Waals surface area contributed by atoms with Crippen molar-refractivity contribution in [2.24, 2.45) is 0 Å². The van der Waals surface area contributed by atoms with Crippen LogP contribution in [0.15, 0.2) is 0 Å². The molecule has 0 aromatic carbocycles. The molecule has 0 amide bonds. The van der Waals surface area contributed by atoms with Gasteiger partial charge in [0.1, 0.15) is 0 Å². The van der Waals surface area contributed by atoms with E-state index < -0.39 is 10.0 Å². The number of hydrogen-bond acceptors (Lipinski definition) is 3. The van der Waals surface area contributed by atoms with Crippen molar-refractivity contribution >= 4 is 10.0 Å². The molecule has 78 valence electrons. The van der Waals surface area contributed by atoms with E-state index in [4.69, 9.17) is 4.74 Å². The van der Waals surface area contributed by atoms with Crippen LogP contribution in [0, 0.1) is 0 Å². The SMILES string of the molecule is C[C@H]1COC(C)(C)CN1S(C)(=O)=O. The van der Waals surface area contributed by atoms with E-state index in [9.17, 15) is 8.42 Å². The molecule has 0 aliphatic carbocycles. The number of ether oxygens (including phenoxy) is 1. The zero-order valence-corrected chi connectivity index (χ0v) is 9.39. The first kappa shape index (κ1) is 10.9. The molecule has 1 saturated heterocycles. The van der Waals surface area contributed by atoms with Crippen LogP contribution in [0.1, 0.15) is 20.8 Å². The van der Waals surface area contributed by atoms with Gasteiger partial charge in [0.05, 0.1) is 18.5 Å². The zero-order chi connectivity index (χ0) is 10.3. The van der Waals surface area contributed by atoms with Crippen LogP contribution in [0.2, 0.25) is 0 Å². The van der Waals surface area contributed by atoms with Crippen molar-refractivity contribution in [1.82, 2.24) is 4.31 Å². The van der Waals surface area contributed by atoms with Crippen LogP contribution < -0.4 is 0 Å². The van der Waals surface area contributed by atoms with E-state index in [1.54, 1.807) is 0 Å². The second-order valence-corrected chi connectivity index (χ2v) is 6.16. The van der Waals surface area contributed by atoms with Crippen molar-refractivity contribution in [3.05, 3.63) is 0 Å². The van der Waals surface area contributed by atoms with E-state index in [-0.39, 0.29) is 11.6 Å². The normalized spacial score (nSPS) is 30.3. The third kappa shape index (κ3) is 2.65. The number of hydrogen-bond donors (Lipinski definition) is 0. The minimum atomic E-state index is -3.09. The lowest BCUT2D eigenvalue weighted by molar-refractivity contribution is -0.0847. The molecular formula is C8H17NO3S. The quantitative estimate of drug-likeness (QED) is 0.627. The molecule has 0 aromatic rings. The van der Waals surface area contributed by atoms with Crippen molar-refractivity contribution in [2.75, 3.05) is 19.4 Å². The molecule has 1 aliphatic rings. The van der Waals surface area contributed by atoms with E-state index in [0.29, 0.717) is 13.2 Å². The van der Waals surface area contributed by atoms with Gasteiger partial charge in [-0.15, -0.1) is 0 Å². The summed E-state index contributed by atoms with van der Waals surface area (Å²) < 4.78 is 29.7. The van der Waals surface area contributed by atoms with Crippen LogP contribution in [-0.2, 0) is 14.8 Å². The molecule has 1 aliphatic heterocycles. The topological polar surface area (TPSA) is 46.6 Å². The van der Waals surface area contributed by atoms with Gasteiger partial charge in [-0.1, -0.05) is 0 Å². The fourth-order valence-electron chi connectivity index (χ4n) is 1.45. The van der Waals surface area contributed by atoms with Crippen LogP contribution >= 0.6 is 0 Å². The lowest BCUT2D eigenvalue weighted by Gasteiger charge is -2.40. The summed E-state index contributed by atoms with van der Waals surface area (Å²) in [5.41, 5.74) is -0.365. The molecule has 1 heterocycles. The fraction of sp³-hybridized carbons (Fsp3) is 1.00. The van der Waals surface area contributed by atoms with Crippen LogP contribution in [0.3, 0.4) is 0 Å². The van der Waals surface area contributed by atoms with Crippen molar-refractivity contribution < 1.29 is 13.2 Å². The minimum Gasteiger partial charge on any atom is -0.373 e. The van der Waals surface area contributed by atoms with Gasteiger partial charge in [0.15, 0.2) is 0 Å². The third-order valence-electron chi connectivity index (χ3n) is 2.17. The molecule has 1 rings (SSSR count). The summed E-state index contributed by atoms with van der Waals surface area (Å²) in [7, 11) is -3.09. The second kappa shape index (κ2) is 3.22. The monoisotopic (exact) mass is 207 g/mol. The van der Waals surface area contributed by atoms with E-state index in [1.807, 2.05) is 20.8 Å². The summed E-state index contributed by atoms with van der Waals surface area (Å²) in [5.74, 6) is 0. The van der Waals surface area contributed by atoms with Gasteiger partial charge in [0.2, 0.25) is 10.0 Å². The molecule has 0 bridgehead atoms. The Morgan fingerprint density at radius 3 is 2.38 bits per heavy atom. The number of sulfonamides is 1. The molecule has 0 spiro atoms. The molecule has 0 unspecified atom stereocenters. The molecule has 0 radical (unpaired) electrons. The van der Waals surface area contributed by atoms with Crippen LogP contribution in [0.25, 0.3) is 0 Å². The maximum Gasteiger partial charge on any atom is 0.211 e.